The lowest BCUT2D eigenvalue weighted by Crippen LogP contribution is -2.54. The molecule has 4 rings (SSSR count). The maximum Gasteiger partial charge on any atom is 0.270 e. The monoisotopic (exact) mass is 498 g/mol. The molecule has 1 N–H and O–H groups in total. The molecule has 0 aliphatic carbocycles. The van der Waals surface area contributed by atoms with Gasteiger partial charge in [-0.15, -0.1) is 0 Å². The van der Waals surface area contributed by atoms with Gasteiger partial charge in [0.1, 0.15) is 5.57 Å². The molecule has 1 fully saturated rings. The molecule has 0 radical (unpaired) electrons. The molecule has 8 heteroatoms. The van der Waals surface area contributed by atoms with Gasteiger partial charge in [-0.05, 0) is 78.8 Å². The molecule has 0 aromatic heterocycles. The number of nitrogens with zero attached hydrogens (tertiary/aromatic N) is 1. The van der Waals surface area contributed by atoms with Gasteiger partial charge in [0, 0.05) is 19.8 Å². The largest absolute Gasteiger partial charge is 0.298 e. The van der Waals surface area contributed by atoms with Crippen LogP contribution in [0.25, 0.3) is 6.08 Å². The molecule has 0 bridgehead atoms. The standard InChI is InChI=1S/C24H16Cl2N2O2S2/c1-14-6-9-17(13-20(14)26)28-23(30)19(22(29)27-24(28)31)12-15-4-2-3-5-21(15)32-18-10-7-16(25)8-11-18/h2-13H,1H3,(H,27,29,31)/b19-12-. The number of aryl methyl sites for hydroxylation is 1. The molecular formula is C24H16Cl2N2O2S2. The maximum absolute atomic E-state index is 13.3. The van der Waals surface area contributed by atoms with E-state index in [9.17, 15) is 9.59 Å². The Morgan fingerprint density at radius 2 is 1.72 bits per heavy atom. The highest BCUT2D eigenvalue weighted by atomic mass is 35.5. The zero-order valence-corrected chi connectivity index (χ0v) is 19.9. The summed E-state index contributed by atoms with van der Waals surface area (Å²) in [6.45, 7) is 1.87. The minimum absolute atomic E-state index is 0.0144. The van der Waals surface area contributed by atoms with Crippen LogP contribution in [0.2, 0.25) is 10.0 Å². The molecule has 3 aromatic rings. The van der Waals surface area contributed by atoms with Crippen LogP contribution in [-0.4, -0.2) is 16.9 Å². The Balaban J connectivity index is 1.71. The van der Waals surface area contributed by atoms with Gasteiger partial charge in [0.05, 0.1) is 5.69 Å². The van der Waals surface area contributed by atoms with Crippen molar-refractivity contribution in [2.75, 3.05) is 4.90 Å². The van der Waals surface area contributed by atoms with Crippen molar-refractivity contribution < 1.29 is 9.59 Å². The Bertz CT molecular complexity index is 1270. The molecule has 2 amide bonds. The van der Waals surface area contributed by atoms with Gasteiger partial charge in [-0.1, -0.05) is 59.2 Å². The molecule has 1 aliphatic rings. The smallest absolute Gasteiger partial charge is 0.270 e. The van der Waals surface area contributed by atoms with Crippen LogP contribution in [0.4, 0.5) is 5.69 Å². The first-order valence-electron chi connectivity index (χ1n) is 9.53. The highest BCUT2D eigenvalue weighted by Gasteiger charge is 2.34. The second kappa shape index (κ2) is 9.46. The Kier molecular flexibility index (Phi) is 6.67. The summed E-state index contributed by atoms with van der Waals surface area (Å²) < 4.78 is 0. The van der Waals surface area contributed by atoms with Crippen molar-refractivity contribution in [1.29, 1.82) is 0 Å². The van der Waals surface area contributed by atoms with Gasteiger partial charge in [0.2, 0.25) is 0 Å². The van der Waals surface area contributed by atoms with E-state index in [1.54, 1.807) is 24.3 Å². The maximum atomic E-state index is 13.3. The molecule has 0 saturated carbocycles. The topological polar surface area (TPSA) is 49.4 Å². The minimum atomic E-state index is -0.541. The molecule has 0 spiro atoms. The number of nitrogens with one attached hydrogen (secondary N) is 1. The van der Waals surface area contributed by atoms with Crippen molar-refractivity contribution in [1.82, 2.24) is 5.32 Å². The predicted molar refractivity (Wildman–Crippen MR) is 134 cm³/mol. The number of hydrogen-bond acceptors (Lipinski definition) is 4. The number of rotatable bonds is 4. The lowest BCUT2D eigenvalue weighted by atomic mass is 10.1. The van der Waals surface area contributed by atoms with Crippen molar-refractivity contribution in [3.8, 4) is 0 Å². The van der Waals surface area contributed by atoms with E-state index in [0.29, 0.717) is 15.7 Å². The van der Waals surface area contributed by atoms with Crippen LogP contribution < -0.4 is 10.2 Å². The summed E-state index contributed by atoms with van der Waals surface area (Å²) in [7, 11) is 0. The minimum Gasteiger partial charge on any atom is -0.298 e. The summed E-state index contributed by atoms with van der Waals surface area (Å²) in [6.07, 6.45) is 1.58. The van der Waals surface area contributed by atoms with Gasteiger partial charge in [-0.3, -0.25) is 19.8 Å². The Hall–Kier alpha value is -2.64. The van der Waals surface area contributed by atoms with E-state index in [-0.39, 0.29) is 10.7 Å². The van der Waals surface area contributed by atoms with Crippen LogP contribution in [-0.2, 0) is 9.59 Å². The normalized spacial score (nSPS) is 15.3. The van der Waals surface area contributed by atoms with Crippen molar-refractivity contribution >= 4 is 75.9 Å². The Morgan fingerprint density at radius 3 is 2.44 bits per heavy atom. The van der Waals surface area contributed by atoms with Crippen LogP contribution >= 0.6 is 47.2 Å². The summed E-state index contributed by atoms with van der Waals surface area (Å²) >= 11 is 19.0. The van der Waals surface area contributed by atoms with Crippen molar-refractivity contribution in [3.63, 3.8) is 0 Å². The van der Waals surface area contributed by atoms with E-state index in [4.69, 9.17) is 35.4 Å². The molecule has 3 aromatic carbocycles. The van der Waals surface area contributed by atoms with Crippen LogP contribution in [0, 0.1) is 6.92 Å². The van der Waals surface area contributed by atoms with Crippen molar-refractivity contribution in [2.24, 2.45) is 0 Å². The summed E-state index contributed by atoms with van der Waals surface area (Å²) in [6, 6.07) is 20.2. The molecule has 32 heavy (non-hydrogen) atoms. The molecule has 4 nitrogen and oxygen atoms in total. The quantitative estimate of drug-likeness (QED) is 0.261. The van der Waals surface area contributed by atoms with Crippen molar-refractivity contribution in [3.05, 3.63) is 93.5 Å². The van der Waals surface area contributed by atoms with Gasteiger partial charge >= 0.3 is 0 Å². The zero-order chi connectivity index (χ0) is 22.8. The lowest BCUT2D eigenvalue weighted by Gasteiger charge is -2.29. The number of amides is 2. The van der Waals surface area contributed by atoms with Crippen LogP contribution in [0.5, 0.6) is 0 Å². The number of carbonyl (C=O) groups is 2. The van der Waals surface area contributed by atoms with Gasteiger partial charge < -0.3 is 0 Å². The SMILES string of the molecule is Cc1ccc(N2C(=O)/C(=C\c3ccccc3Sc3ccc(Cl)cc3)C(=O)NC2=S)cc1Cl. The first-order chi connectivity index (χ1) is 15.3. The fourth-order valence-corrected chi connectivity index (χ4v) is 4.59. The summed E-state index contributed by atoms with van der Waals surface area (Å²) in [5, 5.41) is 3.78. The molecule has 1 saturated heterocycles. The number of carbonyl (C=O) groups excluding carboxylic acids is 2. The lowest BCUT2D eigenvalue weighted by molar-refractivity contribution is -0.122. The second-order valence-corrected chi connectivity index (χ2v) is 9.33. The average Bonchev–Trinajstić information content (AvgIpc) is 2.76. The number of hydrogen-bond donors (Lipinski definition) is 1. The third-order valence-corrected chi connectivity index (χ3v) is 6.82. The molecular weight excluding hydrogens is 483 g/mol. The number of anilines is 1. The third-order valence-electron chi connectivity index (χ3n) is 4.78. The van der Waals surface area contributed by atoms with Gasteiger partial charge in [-0.2, -0.15) is 0 Å². The first-order valence-corrected chi connectivity index (χ1v) is 11.5. The van der Waals surface area contributed by atoms with E-state index in [2.05, 4.69) is 5.32 Å². The highest BCUT2D eigenvalue weighted by molar-refractivity contribution is 7.99. The number of thiocarbonyl (C=S) groups is 1. The first kappa shape index (κ1) is 22.6. The highest BCUT2D eigenvalue weighted by Crippen LogP contribution is 2.33. The van der Waals surface area contributed by atoms with E-state index >= 15 is 0 Å². The van der Waals surface area contributed by atoms with Crippen LogP contribution in [0.1, 0.15) is 11.1 Å². The summed E-state index contributed by atoms with van der Waals surface area (Å²) in [5.41, 5.74) is 2.09. The van der Waals surface area contributed by atoms with Crippen LogP contribution in [0.3, 0.4) is 0 Å². The third kappa shape index (κ3) is 4.74. The predicted octanol–water partition coefficient (Wildman–Crippen LogP) is 6.28. The van der Waals surface area contributed by atoms with Crippen LogP contribution in [0.15, 0.2) is 82.1 Å². The fourth-order valence-electron chi connectivity index (χ4n) is 3.09. The van der Waals surface area contributed by atoms with Crippen molar-refractivity contribution in [2.45, 2.75) is 16.7 Å². The van der Waals surface area contributed by atoms with Gasteiger partial charge in [0.25, 0.3) is 11.8 Å². The van der Waals surface area contributed by atoms with E-state index in [1.165, 1.54) is 16.7 Å². The van der Waals surface area contributed by atoms with Gasteiger partial charge in [-0.25, -0.2) is 0 Å². The summed E-state index contributed by atoms with van der Waals surface area (Å²) in [4.78, 5) is 29.1. The molecule has 1 heterocycles. The Morgan fingerprint density at radius 1 is 1.00 bits per heavy atom. The van der Waals surface area contributed by atoms with E-state index in [0.717, 1.165) is 20.9 Å². The number of benzene rings is 3. The van der Waals surface area contributed by atoms with E-state index in [1.807, 2.05) is 55.5 Å². The zero-order valence-electron chi connectivity index (χ0n) is 16.8. The van der Waals surface area contributed by atoms with Gasteiger partial charge in [0.15, 0.2) is 5.11 Å². The Labute approximate surface area is 205 Å². The molecule has 0 unspecified atom stereocenters. The molecule has 0 atom stereocenters. The summed E-state index contributed by atoms with van der Waals surface area (Å²) in [5.74, 6) is -1.05. The van der Waals surface area contributed by atoms with E-state index < -0.39 is 11.8 Å². The fraction of sp³-hybridized carbons (Fsp3) is 0.0417. The second-order valence-electron chi connectivity index (χ2n) is 6.99. The molecule has 1 aliphatic heterocycles. The molecule has 160 valence electrons. The number of halogens is 2. The average molecular weight is 499 g/mol.